The average Bonchev–Trinajstić information content (AvgIpc) is 2.48. The van der Waals surface area contributed by atoms with Gasteiger partial charge in [0.2, 0.25) is 0 Å². The van der Waals surface area contributed by atoms with Crippen LogP contribution in [-0.2, 0) is 13.1 Å². The average molecular weight is 300 g/mol. The summed E-state index contributed by atoms with van der Waals surface area (Å²) in [5.74, 6) is 5.59. The molecule has 0 bridgehead atoms. The van der Waals surface area contributed by atoms with Crippen LogP contribution in [0.25, 0.3) is 0 Å². The lowest BCUT2D eigenvalue weighted by atomic mass is 10.1. The van der Waals surface area contributed by atoms with Crippen LogP contribution in [0.4, 0.5) is 0 Å². The summed E-state index contributed by atoms with van der Waals surface area (Å²) in [6.07, 6.45) is 0. The Bertz CT molecular complexity index is 658. The maximum Gasteiger partial charge on any atom is 0.104 e. The molecule has 0 unspecified atom stereocenters. The molecule has 1 N–H and O–H groups in total. The Balaban J connectivity index is 2.02. The van der Waals surface area contributed by atoms with Gasteiger partial charge in [-0.1, -0.05) is 53.8 Å². The lowest BCUT2D eigenvalue weighted by Gasteiger charge is -2.17. The number of nitrogens with zero attached hydrogens (tertiary/aromatic N) is 1. The van der Waals surface area contributed by atoms with Crippen LogP contribution in [0.3, 0.4) is 0 Å². The zero-order chi connectivity index (χ0) is 15.1. The van der Waals surface area contributed by atoms with Crippen LogP contribution in [0, 0.1) is 11.8 Å². The minimum Gasteiger partial charge on any atom is -0.384 e. The van der Waals surface area contributed by atoms with Crippen molar-refractivity contribution in [3.63, 3.8) is 0 Å². The highest BCUT2D eigenvalue weighted by molar-refractivity contribution is 6.31. The van der Waals surface area contributed by atoms with Crippen molar-refractivity contribution in [2.45, 2.75) is 13.1 Å². The topological polar surface area (TPSA) is 23.5 Å². The highest BCUT2D eigenvalue weighted by Gasteiger charge is 2.05. The van der Waals surface area contributed by atoms with E-state index >= 15 is 0 Å². The standard InChI is InChI=1S/C18H18ClNO/c1-20(14-17-9-2-3-10-18(17)19)13-16-7-4-6-15(12-16)8-5-11-21/h2-4,6-7,9-10,12,21H,11,13-14H2,1H3. The van der Waals surface area contributed by atoms with Crippen molar-refractivity contribution in [2.24, 2.45) is 0 Å². The zero-order valence-electron chi connectivity index (χ0n) is 12.0. The summed E-state index contributed by atoms with van der Waals surface area (Å²) in [6, 6.07) is 16.0. The second-order valence-electron chi connectivity index (χ2n) is 4.92. The SMILES string of the molecule is CN(Cc1cccc(C#CCO)c1)Cc1ccccc1Cl. The third-order valence-electron chi connectivity index (χ3n) is 3.09. The van der Waals surface area contributed by atoms with E-state index in [0.717, 1.165) is 29.2 Å². The first-order chi connectivity index (χ1) is 10.2. The predicted octanol–water partition coefficient (Wildman–Crippen LogP) is 3.32. The maximum absolute atomic E-state index is 8.74. The Morgan fingerprint density at radius 2 is 1.90 bits per heavy atom. The summed E-state index contributed by atoms with van der Waals surface area (Å²) in [4.78, 5) is 2.21. The molecule has 0 fully saturated rings. The largest absolute Gasteiger partial charge is 0.384 e. The van der Waals surface area contributed by atoms with E-state index in [1.165, 1.54) is 5.56 Å². The number of aliphatic hydroxyl groups excluding tert-OH is 1. The van der Waals surface area contributed by atoms with Crippen molar-refractivity contribution in [3.05, 3.63) is 70.2 Å². The summed E-state index contributed by atoms with van der Waals surface area (Å²) >= 11 is 6.19. The van der Waals surface area contributed by atoms with Crippen molar-refractivity contribution in [1.82, 2.24) is 4.90 Å². The first-order valence-corrected chi connectivity index (χ1v) is 7.17. The van der Waals surface area contributed by atoms with E-state index in [9.17, 15) is 0 Å². The highest BCUT2D eigenvalue weighted by Crippen LogP contribution is 2.17. The summed E-state index contributed by atoms with van der Waals surface area (Å²) in [5, 5.41) is 9.54. The highest BCUT2D eigenvalue weighted by atomic mass is 35.5. The van der Waals surface area contributed by atoms with E-state index < -0.39 is 0 Å². The molecule has 0 aromatic heterocycles. The lowest BCUT2D eigenvalue weighted by Crippen LogP contribution is -2.17. The van der Waals surface area contributed by atoms with Crippen molar-refractivity contribution in [1.29, 1.82) is 0 Å². The van der Waals surface area contributed by atoms with Crippen molar-refractivity contribution in [3.8, 4) is 11.8 Å². The van der Waals surface area contributed by atoms with Gasteiger partial charge in [-0.15, -0.1) is 0 Å². The van der Waals surface area contributed by atoms with Gasteiger partial charge >= 0.3 is 0 Å². The molecular weight excluding hydrogens is 282 g/mol. The van der Waals surface area contributed by atoms with Crippen LogP contribution in [-0.4, -0.2) is 23.7 Å². The van der Waals surface area contributed by atoms with E-state index in [1.807, 2.05) is 42.5 Å². The van der Waals surface area contributed by atoms with Crippen LogP contribution in [0.1, 0.15) is 16.7 Å². The number of hydrogen-bond donors (Lipinski definition) is 1. The minimum absolute atomic E-state index is 0.114. The van der Waals surface area contributed by atoms with Crippen LogP contribution in [0.15, 0.2) is 48.5 Å². The van der Waals surface area contributed by atoms with Gasteiger partial charge in [0.25, 0.3) is 0 Å². The summed E-state index contributed by atoms with van der Waals surface area (Å²) in [7, 11) is 2.06. The maximum atomic E-state index is 8.74. The first kappa shape index (κ1) is 15.6. The van der Waals surface area contributed by atoms with E-state index in [4.69, 9.17) is 16.7 Å². The molecule has 2 rings (SSSR count). The summed E-state index contributed by atoms with van der Waals surface area (Å²) < 4.78 is 0. The third kappa shape index (κ3) is 4.91. The van der Waals surface area contributed by atoms with Gasteiger partial charge in [-0.2, -0.15) is 0 Å². The Morgan fingerprint density at radius 3 is 2.67 bits per heavy atom. The number of halogens is 1. The van der Waals surface area contributed by atoms with Crippen LogP contribution in [0.2, 0.25) is 5.02 Å². The molecule has 0 amide bonds. The first-order valence-electron chi connectivity index (χ1n) is 6.79. The van der Waals surface area contributed by atoms with Crippen molar-refractivity contribution in [2.75, 3.05) is 13.7 Å². The van der Waals surface area contributed by atoms with Crippen LogP contribution < -0.4 is 0 Å². The smallest absolute Gasteiger partial charge is 0.104 e. The molecule has 0 heterocycles. The number of aliphatic hydroxyl groups is 1. The van der Waals surface area contributed by atoms with Gasteiger partial charge < -0.3 is 5.11 Å². The summed E-state index contributed by atoms with van der Waals surface area (Å²) in [5.41, 5.74) is 3.24. The van der Waals surface area contributed by atoms with Gasteiger partial charge in [0.1, 0.15) is 6.61 Å². The molecule has 0 aliphatic rings. The van der Waals surface area contributed by atoms with Gasteiger partial charge in [0.05, 0.1) is 0 Å². The van der Waals surface area contributed by atoms with Gasteiger partial charge in [-0.3, -0.25) is 4.90 Å². The minimum atomic E-state index is -0.114. The molecular formula is C18H18ClNO. The van der Waals surface area contributed by atoms with E-state index in [0.29, 0.717) is 0 Å². The van der Waals surface area contributed by atoms with Gasteiger partial charge in [0, 0.05) is 23.7 Å². The fourth-order valence-corrected chi connectivity index (χ4v) is 2.37. The van der Waals surface area contributed by atoms with Gasteiger partial charge in [0.15, 0.2) is 0 Å². The van der Waals surface area contributed by atoms with Crippen LogP contribution >= 0.6 is 11.6 Å². The second-order valence-corrected chi connectivity index (χ2v) is 5.33. The van der Waals surface area contributed by atoms with Gasteiger partial charge in [-0.05, 0) is 36.4 Å². The molecule has 3 heteroatoms. The molecule has 0 radical (unpaired) electrons. The molecule has 0 atom stereocenters. The third-order valence-corrected chi connectivity index (χ3v) is 3.46. The molecule has 2 aromatic carbocycles. The summed E-state index contributed by atoms with van der Waals surface area (Å²) in [6.45, 7) is 1.50. The fraction of sp³-hybridized carbons (Fsp3) is 0.222. The number of hydrogen-bond acceptors (Lipinski definition) is 2. The molecule has 2 aromatic rings. The Kier molecular flexibility index (Phi) is 5.83. The molecule has 2 nitrogen and oxygen atoms in total. The molecule has 0 aliphatic carbocycles. The van der Waals surface area contributed by atoms with Crippen LogP contribution in [0.5, 0.6) is 0 Å². The van der Waals surface area contributed by atoms with E-state index in [-0.39, 0.29) is 6.61 Å². The number of benzene rings is 2. The van der Waals surface area contributed by atoms with E-state index in [2.05, 4.69) is 29.9 Å². The molecule has 0 saturated carbocycles. The Morgan fingerprint density at radius 1 is 1.10 bits per heavy atom. The molecule has 108 valence electrons. The second kappa shape index (κ2) is 7.85. The number of rotatable bonds is 4. The molecule has 21 heavy (non-hydrogen) atoms. The van der Waals surface area contributed by atoms with Gasteiger partial charge in [-0.25, -0.2) is 0 Å². The quantitative estimate of drug-likeness (QED) is 0.876. The van der Waals surface area contributed by atoms with Crippen molar-refractivity contribution >= 4 is 11.6 Å². The monoisotopic (exact) mass is 299 g/mol. The molecule has 0 saturated heterocycles. The molecule has 0 spiro atoms. The van der Waals surface area contributed by atoms with E-state index in [1.54, 1.807) is 0 Å². The molecule has 0 aliphatic heterocycles. The Labute approximate surface area is 131 Å². The van der Waals surface area contributed by atoms with Crippen molar-refractivity contribution < 1.29 is 5.11 Å². The predicted molar refractivity (Wildman–Crippen MR) is 87.0 cm³/mol. The fourth-order valence-electron chi connectivity index (χ4n) is 2.17. The Hall–Kier alpha value is -1.79. The lowest BCUT2D eigenvalue weighted by molar-refractivity contribution is 0.319. The zero-order valence-corrected chi connectivity index (χ0v) is 12.8. The normalized spacial score (nSPS) is 10.3.